The van der Waals surface area contributed by atoms with Crippen molar-refractivity contribution in [3.8, 4) is 16.9 Å². The van der Waals surface area contributed by atoms with Crippen molar-refractivity contribution in [1.29, 1.82) is 0 Å². The monoisotopic (exact) mass is 418 g/mol. The number of hydrogen-bond acceptors (Lipinski definition) is 4. The Hall–Kier alpha value is -3.13. The minimum Gasteiger partial charge on any atom is -0.507 e. The van der Waals surface area contributed by atoms with Gasteiger partial charge in [-0.2, -0.15) is 5.10 Å². The number of fused-ring (bicyclic) bond motifs is 1. The molecule has 2 N–H and O–H groups in total. The Bertz CT molecular complexity index is 1100. The van der Waals surface area contributed by atoms with E-state index in [1.807, 2.05) is 4.90 Å². The Morgan fingerprint density at radius 3 is 2.62 bits per heavy atom. The molecule has 1 aliphatic heterocycles. The zero-order valence-corrected chi connectivity index (χ0v) is 16.0. The third-order valence-corrected chi connectivity index (χ3v) is 5.34. The minimum atomic E-state index is -0.799. The highest BCUT2D eigenvalue weighted by atomic mass is 35.5. The Morgan fingerprint density at radius 2 is 1.97 bits per heavy atom. The van der Waals surface area contributed by atoms with Gasteiger partial charge >= 0.3 is 0 Å². The fraction of sp³-hybridized carbons (Fsp3) is 0.200. The Morgan fingerprint density at radius 1 is 1.24 bits per heavy atom. The highest BCUT2D eigenvalue weighted by Crippen LogP contribution is 2.42. The summed E-state index contributed by atoms with van der Waals surface area (Å²) in [6.07, 6.45) is 1.27. The van der Waals surface area contributed by atoms with E-state index in [9.17, 15) is 14.3 Å². The van der Waals surface area contributed by atoms with Crippen LogP contribution in [0.15, 0.2) is 36.9 Å². The molecule has 1 fully saturated rings. The number of phenolic OH excluding ortho intramolecular Hbond substituents is 1. The van der Waals surface area contributed by atoms with E-state index in [0.717, 1.165) is 6.07 Å². The number of amides is 1. The summed E-state index contributed by atoms with van der Waals surface area (Å²) >= 11 is 6.30. The van der Waals surface area contributed by atoms with Crippen LogP contribution in [0.1, 0.15) is 0 Å². The molecule has 150 valence electrons. The van der Waals surface area contributed by atoms with Crippen molar-refractivity contribution >= 4 is 34.2 Å². The summed E-state index contributed by atoms with van der Waals surface area (Å²) in [5.41, 5.74) is -0.470. The molecular weight excluding hydrogens is 402 g/mol. The number of benzene rings is 2. The van der Waals surface area contributed by atoms with E-state index < -0.39 is 17.4 Å². The van der Waals surface area contributed by atoms with Gasteiger partial charge in [0, 0.05) is 37.1 Å². The van der Waals surface area contributed by atoms with Crippen LogP contribution in [0.2, 0.25) is 5.02 Å². The number of hydrogen-bond donors (Lipinski definition) is 2. The number of nitrogens with one attached hydrogen (secondary N) is 1. The first-order valence-electron chi connectivity index (χ1n) is 8.92. The second-order valence-electron chi connectivity index (χ2n) is 6.67. The van der Waals surface area contributed by atoms with Crippen molar-refractivity contribution in [2.24, 2.45) is 0 Å². The van der Waals surface area contributed by atoms with E-state index >= 15 is 4.39 Å². The first-order chi connectivity index (χ1) is 13.9. The van der Waals surface area contributed by atoms with Crippen molar-refractivity contribution < 1.29 is 18.7 Å². The second-order valence-corrected chi connectivity index (χ2v) is 7.07. The Kier molecular flexibility index (Phi) is 4.87. The van der Waals surface area contributed by atoms with Crippen LogP contribution in [0.4, 0.5) is 14.6 Å². The first kappa shape index (κ1) is 19.2. The highest BCUT2D eigenvalue weighted by molar-refractivity contribution is 6.34. The van der Waals surface area contributed by atoms with Gasteiger partial charge in [-0.05, 0) is 24.3 Å². The van der Waals surface area contributed by atoms with Crippen LogP contribution in [-0.4, -0.2) is 52.3 Å². The second kappa shape index (κ2) is 7.36. The summed E-state index contributed by atoms with van der Waals surface area (Å²) < 4.78 is 29.5. The summed E-state index contributed by atoms with van der Waals surface area (Å²) in [4.78, 5) is 15.3. The Labute approximate surface area is 170 Å². The van der Waals surface area contributed by atoms with Gasteiger partial charge in [-0.15, -0.1) is 0 Å². The van der Waals surface area contributed by atoms with Crippen molar-refractivity contribution in [1.82, 2.24) is 15.1 Å². The van der Waals surface area contributed by atoms with Gasteiger partial charge < -0.3 is 14.9 Å². The molecule has 1 amide bonds. The number of H-pyrrole nitrogens is 1. The number of aromatic amines is 1. The van der Waals surface area contributed by atoms with Crippen LogP contribution in [0.5, 0.6) is 5.75 Å². The normalized spacial score (nSPS) is 14.4. The molecule has 1 aliphatic rings. The quantitative estimate of drug-likeness (QED) is 0.636. The molecule has 4 rings (SSSR count). The van der Waals surface area contributed by atoms with Crippen LogP contribution < -0.4 is 4.90 Å². The molecule has 3 aromatic rings. The number of halogens is 3. The average molecular weight is 419 g/mol. The zero-order chi connectivity index (χ0) is 20.7. The van der Waals surface area contributed by atoms with Crippen LogP contribution in [0.3, 0.4) is 0 Å². The number of anilines is 1. The lowest BCUT2D eigenvalue weighted by atomic mass is 10.0. The molecule has 0 atom stereocenters. The predicted molar refractivity (Wildman–Crippen MR) is 107 cm³/mol. The fourth-order valence-corrected chi connectivity index (χ4v) is 3.86. The fourth-order valence-electron chi connectivity index (χ4n) is 3.57. The molecule has 1 saturated heterocycles. The maximum absolute atomic E-state index is 15.3. The van der Waals surface area contributed by atoms with E-state index in [-0.39, 0.29) is 27.6 Å². The van der Waals surface area contributed by atoms with Gasteiger partial charge in [-0.25, -0.2) is 8.78 Å². The molecule has 0 aliphatic carbocycles. The summed E-state index contributed by atoms with van der Waals surface area (Å²) in [7, 11) is 0. The number of aromatic hydroxyl groups is 1. The van der Waals surface area contributed by atoms with Crippen LogP contribution >= 0.6 is 11.6 Å². The number of carbonyl (C=O) groups excluding carboxylic acids is 1. The number of aromatic nitrogens is 2. The van der Waals surface area contributed by atoms with E-state index in [2.05, 4.69) is 16.8 Å². The van der Waals surface area contributed by atoms with Gasteiger partial charge in [0.25, 0.3) is 0 Å². The molecule has 6 nitrogen and oxygen atoms in total. The molecule has 29 heavy (non-hydrogen) atoms. The van der Waals surface area contributed by atoms with Gasteiger partial charge in [0.05, 0.1) is 10.6 Å². The lowest BCUT2D eigenvalue weighted by Crippen LogP contribution is -2.48. The predicted octanol–water partition coefficient (Wildman–Crippen LogP) is 3.70. The molecule has 2 heterocycles. The lowest BCUT2D eigenvalue weighted by Gasteiger charge is -2.34. The standard InChI is InChI=1S/C20H17ClF2N4O2/c1-2-15(29)26-6-8-27(9-7-26)20-11-10-12(21)16(18(23)19(11)24-25-20)17-13(22)4-3-5-14(17)28/h2-5,10,28H,1,6-9H2,(H,24,25). The van der Waals surface area contributed by atoms with Crippen LogP contribution in [-0.2, 0) is 4.79 Å². The third kappa shape index (κ3) is 3.19. The average Bonchev–Trinajstić information content (AvgIpc) is 3.13. The SMILES string of the molecule is C=CC(=O)N1CCN(c2n[nH]c3c(F)c(-c4c(O)cccc4F)c(Cl)cc23)CC1. The van der Waals surface area contributed by atoms with Crippen molar-refractivity contribution in [2.75, 3.05) is 31.1 Å². The van der Waals surface area contributed by atoms with Gasteiger partial charge in [0.2, 0.25) is 5.91 Å². The third-order valence-electron chi connectivity index (χ3n) is 5.04. The van der Waals surface area contributed by atoms with E-state index in [4.69, 9.17) is 11.6 Å². The summed E-state index contributed by atoms with van der Waals surface area (Å²) in [6.45, 7) is 5.47. The molecule has 2 aromatic carbocycles. The maximum atomic E-state index is 15.3. The van der Waals surface area contributed by atoms with Gasteiger partial charge in [-0.3, -0.25) is 9.89 Å². The number of nitrogens with zero attached hydrogens (tertiary/aromatic N) is 3. The van der Waals surface area contributed by atoms with Crippen LogP contribution in [0.25, 0.3) is 22.0 Å². The first-order valence-corrected chi connectivity index (χ1v) is 9.30. The summed E-state index contributed by atoms with van der Waals surface area (Å²) in [5, 5.41) is 17.3. The number of piperazine rings is 1. The minimum absolute atomic E-state index is 0.0430. The summed E-state index contributed by atoms with van der Waals surface area (Å²) in [5.74, 6) is -1.64. The van der Waals surface area contributed by atoms with Crippen molar-refractivity contribution in [3.05, 3.63) is 53.6 Å². The molecule has 0 saturated carbocycles. The molecule has 0 radical (unpaired) electrons. The zero-order valence-electron chi connectivity index (χ0n) is 15.3. The van der Waals surface area contributed by atoms with E-state index in [1.54, 1.807) is 4.90 Å². The van der Waals surface area contributed by atoms with Crippen molar-refractivity contribution in [3.63, 3.8) is 0 Å². The number of rotatable bonds is 3. The van der Waals surface area contributed by atoms with Crippen molar-refractivity contribution in [2.45, 2.75) is 0 Å². The largest absolute Gasteiger partial charge is 0.507 e. The van der Waals surface area contributed by atoms with Gasteiger partial charge in [0.1, 0.15) is 17.1 Å². The van der Waals surface area contributed by atoms with Gasteiger partial charge in [0.15, 0.2) is 11.6 Å². The summed E-state index contributed by atoms with van der Waals surface area (Å²) in [6, 6.07) is 5.21. The molecular formula is C20H17ClF2N4O2. The maximum Gasteiger partial charge on any atom is 0.246 e. The van der Waals surface area contributed by atoms with E-state index in [0.29, 0.717) is 37.4 Å². The number of carbonyl (C=O) groups is 1. The number of phenols is 1. The molecule has 9 heteroatoms. The van der Waals surface area contributed by atoms with Gasteiger partial charge in [-0.1, -0.05) is 24.2 Å². The molecule has 0 unspecified atom stereocenters. The molecule has 1 aromatic heterocycles. The lowest BCUT2D eigenvalue weighted by molar-refractivity contribution is -0.126. The highest BCUT2D eigenvalue weighted by Gasteiger charge is 2.26. The van der Waals surface area contributed by atoms with E-state index in [1.165, 1.54) is 24.3 Å². The smallest absolute Gasteiger partial charge is 0.246 e. The Balaban J connectivity index is 1.74. The molecule has 0 spiro atoms. The topological polar surface area (TPSA) is 72.5 Å². The molecule has 0 bridgehead atoms. The van der Waals surface area contributed by atoms with Crippen LogP contribution in [0, 0.1) is 11.6 Å².